The summed E-state index contributed by atoms with van der Waals surface area (Å²) < 4.78 is 5.85. The third-order valence-corrected chi connectivity index (χ3v) is 2.78. The van der Waals surface area contributed by atoms with Crippen LogP contribution in [0.15, 0.2) is 22.7 Å². The molecule has 0 fully saturated rings. The lowest BCUT2D eigenvalue weighted by atomic mass is 10.2. The molecule has 3 N–H and O–H groups in total. The van der Waals surface area contributed by atoms with Crippen LogP contribution in [0, 0.1) is 0 Å². The normalized spacial score (nSPS) is 10.9. The van der Waals surface area contributed by atoms with Gasteiger partial charge in [0.25, 0.3) is 0 Å². The van der Waals surface area contributed by atoms with Gasteiger partial charge in [-0.2, -0.15) is 0 Å². The molecule has 4 nitrogen and oxygen atoms in total. The van der Waals surface area contributed by atoms with E-state index in [2.05, 4.69) is 21.2 Å². The quantitative estimate of drug-likeness (QED) is 0.815. The van der Waals surface area contributed by atoms with E-state index in [0.717, 1.165) is 5.56 Å². The number of amides is 1. The molecule has 1 rings (SSSR count). The van der Waals surface area contributed by atoms with Crippen molar-refractivity contribution in [2.45, 2.75) is 26.4 Å². The number of carbonyl (C=O) groups is 1. The smallest absolute Gasteiger partial charge is 0.412 e. The highest BCUT2D eigenvalue weighted by atomic mass is 79.9. The summed E-state index contributed by atoms with van der Waals surface area (Å²) in [6.45, 7) is 5.41. The molecule has 0 aliphatic rings. The molecule has 0 bridgehead atoms. The van der Waals surface area contributed by atoms with Crippen LogP contribution in [-0.2, 0) is 4.74 Å². The van der Waals surface area contributed by atoms with Gasteiger partial charge in [0.1, 0.15) is 10.6 Å². The first kappa shape index (κ1) is 14.9. The summed E-state index contributed by atoms with van der Waals surface area (Å²) in [6.07, 6.45) is -0.508. The van der Waals surface area contributed by atoms with Crippen molar-refractivity contribution in [1.29, 1.82) is 0 Å². The Morgan fingerprint density at radius 1 is 1.44 bits per heavy atom. The van der Waals surface area contributed by atoms with Gasteiger partial charge in [-0.25, -0.2) is 4.79 Å². The van der Waals surface area contributed by atoms with Gasteiger partial charge in [-0.15, -0.1) is 0 Å². The SMILES string of the molecule is CC(C)(C)OC(=O)Nc1ccc(C(N)=S)cc1Br. The van der Waals surface area contributed by atoms with Crippen LogP contribution in [0.2, 0.25) is 0 Å². The van der Waals surface area contributed by atoms with Gasteiger partial charge in [-0.05, 0) is 54.9 Å². The number of anilines is 1. The summed E-state index contributed by atoms with van der Waals surface area (Å²) in [6, 6.07) is 5.19. The summed E-state index contributed by atoms with van der Waals surface area (Å²) in [5.74, 6) is 0. The van der Waals surface area contributed by atoms with Crippen molar-refractivity contribution in [3.05, 3.63) is 28.2 Å². The lowest BCUT2D eigenvalue weighted by Gasteiger charge is -2.20. The van der Waals surface area contributed by atoms with Crippen molar-refractivity contribution < 1.29 is 9.53 Å². The number of rotatable bonds is 2. The molecule has 0 aromatic heterocycles. The second-order valence-corrected chi connectivity index (χ2v) is 5.98. The zero-order valence-electron chi connectivity index (χ0n) is 10.4. The van der Waals surface area contributed by atoms with Gasteiger partial charge in [0.2, 0.25) is 0 Å². The minimum Gasteiger partial charge on any atom is -0.444 e. The fourth-order valence-electron chi connectivity index (χ4n) is 1.18. The van der Waals surface area contributed by atoms with Crippen molar-refractivity contribution >= 4 is 44.9 Å². The van der Waals surface area contributed by atoms with Crippen molar-refractivity contribution in [3.63, 3.8) is 0 Å². The Morgan fingerprint density at radius 2 is 2.06 bits per heavy atom. The van der Waals surface area contributed by atoms with E-state index < -0.39 is 11.7 Å². The Morgan fingerprint density at radius 3 is 2.50 bits per heavy atom. The van der Waals surface area contributed by atoms with Crippen LogP contribution in [0.1, 0.15) is 26.3 Å². The highest BCUT2D eigenvalue weighted by molar-refractivity contribution is 9.10. The second kappa shape index (κ2) is 5.67. The number of nitrogens with two attached hydrogens (primary N) is 1. The number of hydrogen-bond donors (Lipinski definition) is 2. The van der Waals surface area contributed by atoms with E-state index in [1.807, 2.05) is 0 Å². The fourth-order valence-corrected chi connectivity index (χ4v) is 1.79. The Bertz CT molecular complexity index is 483. The second-order valence-electron chi connectivity index (χ2n) is 4.69. The molecular weight excluding hydrogens is 316 g/mol. The van der Waals surface area contributed by atoms with Crippen LogP contribution >= 0.6 is 28.1 Å². The summed E-state index contributed by atoms with van der Waals surface area (Å²) in [4.78, 5) is 11.9. The first-order valence-corrected chi connectivity index (χ1v) is 6.48. The van der Waals surface area contributed by atoms with E-state index >= 15 is 0 Å². The average molecular weight is 331 g/mol. The van der Waals surface area contributed by atoms with E-state index in [4.69, 9.17) is 22.7 Å². The Balaban J connectivity index is 2.80. The zero-order chi connectivity index (χ0) is 13.9. The van der Waals surface area contributed by atoms with Gasteiger partial charge < -0.3 is 10.5 Å². The predicted molar refractivity (Wildman–Crippen MR) is 79.9 cm³/mol. The number of thiocarbonyl (C=S) groups is 1. The van der Waals surface area contributed by atoms with E-state index in [1.165, 1.54) is 0 Å². The van der Waals surface area contributed by atoms with Gasteiger partial charge in [-0.1, -0.05) is 12.2 Å². The maximum atomic E-state index is 11.6. The van der Waals surface area contributed by atoms with Crippen LogP contribution in [0.5, 0.6) is 0 Å². The third-order valence-electron chi connectivity index (χ3n) is 1.89. The molecule has 6 heteroatoms. The standard InChI is InChI=1S/C12H15BrN2O2S/c1-12(2,3)17-11(16)15-9-5-4-7(10(14)18)6-8(9)13/h4-6H,1-3H3,(H2,14,18)(H,15,16). The maximum Gasteiger partial charge on any atom is 0.412 e. The molecule has 0 spiro atoms. The number of nitrogens with one attached hydrogen (secondary N) is 1. The number of hydrogen-bond acceptors (Lipinski definition) is 3. The van der Waals surface area contributed by atoms with Gasteiger partial charge in [0.15, 0.2) is 0 Å². The molecule has 1 amide bonds. The molecule has 0 radical (unpaired) electrons. The molecule has 98 valence electrons. The summed E-state index contributed by atoms with van der Waals surface area (Å²) in [5.41, 5.74) is 6.31. The molecule has 0 aliphatic heterocycles. The minimum absolute atomic E-state index is 0.305. The molecule has 0 saturated heterocycles. The molecule has 0 heterocycles. The molecule has 0 saturated carbocycles. The van der Waals surface area contributed by atoms with Crippen LogP contribution in [0.25, 0.3) is 0 Å². The predicted octanol–water partition coefficient (Wildman–Crippen LogP) is 3.43. The summed E-state index contributed by atoms with van der Waals surface area (Å²) in [5, 5.41) is 2.64. The average Bonchev–Trinajstić information content (AvgIpc) is 2.17. The Hall–Kier alpha value is -1.14. The molecule has 1 aromatic carbocycles. The summed E-state index contributed by atoms with van der Waals surface area (Å²) >= 11 is 8.21. The monoisotopic (exact) mass is 330 g/mol. The van der Waals surface area contributed by atoms with Crippen molar-refractivity contribution in [1.82, 2.24) is 0 Å². The third kappa shape index (κ3) is 4.62. The first-order chi connectivity index (χ1) is 8.19. The van der Waals surface area contributed by atoms with Crippen LogP contribution < -0.4 is 11.1 Å². The highest BCUT2D eigenvalue weighted by Gasteiger charge is 2.17. The summed E-state index contributed by atoms with van der Waals surface area (Å²) in [7, 11) is 0. The van der Waals surface area contributed by atoms with E-state index in [-0.39, 0.29) is 0 Å². The largest absolute Gasteiger partial charge is 0.444 e. The van der Waals surface area contributed by atoms with Crippen LogP contribution in [0.4, 0.5) is 10.5 Å². The molecular formula is C12H15BrN2O2S. The zero-order valence-corrected chi connectivity index (χ0v) is 12.8. The van der Waals surface area contributed by atoms with Crippen molar-refractivity contribution in [2.24, 2.45) is 5.73 Å². The van der Waals surface area contributed by atoms with Gasteiger partial charge in [0, 0.05) is 10.0 Å². The number of halogens is 1. The lowest BCUT2D eigenvalue weighted by molar-refractivity contribution is 0.0636. The van der Waals surface area contributed by atoms with Gasteiger partial charge in [-0.3, -0.25) is 5.32 Å². The van der Waals surface area contributed by atoms with Crippen molar-refractivity contribution in [2.75, 3.05) is 5.32 Å². The maximum absolute atomic E-state index is 11.6. The lowest BCUT2D eigenvalue weighted by Crippen LogP contribution is -2.27. The van der Waals surface area contributed by atoms with E-state index in [1.54, 1.807) is 39.0 Å². The van der Waals surface area contributed by atoms with Crippen LogP contribution in [0.3, 0.4) is 0 Å². The molecule has 0 unspecified atom stereocenters. The molecule has 0 atom stereocenters. The van der Waals surface area contributed by atoms with E-state index in [9.17, 15) is 4.79 Å². The molecule has 0 aliphatic carbocycles. The fraction of sp³-hybridized carbons (Fsp3) is 0.333. The molecule has 1 aromatic rings. The van der Waals surface area contributed by atoms with Gasteiger partial charge in [0.05, 0.1) is 5.69 Å². The highest BCUT2D eigenvalue weighted by Crippen LogP contribution is 2.24. The van der Waals surface area contributed by atoms with Gasteiger partial charge >= 0.3 is 6.09 Å². The first-order valence-electron chi connectivity index (χ1n) is 5.28. The topological polar surface area (TPSA) is 64.3 Å². The Kier molecular flexibility index (Phi) is 4.70. The number of ether oxygens (including phenoxy) is 1. The van der Waals surface area contributed by atoms with Crippen molar-refractivity contribution in [3.8, 4) is 0 Å². The molecule has 18 heavy (non-hydrogen) atoms. The Labute approximate surface area is 120 Å². The number of benzene rings is 1. The van der Waals surface area contributed by atoms with Crippen LogP contribution in [-0.4, -0.2) is 16.7 Å². The van der Waals surface area contributed by atoms with E-state index in [0.29, 0.717) is 15.1 Å². The number of carbonyl (C=O) groups excluding carboxylic acids is 1. The minimum atomic E-state index is -0.532.